The molecule has 1 aromatic carbocycles. The molecule has 0 saturated carbocycles. The first-order valence-electron chi connectivity index (χ1n) is 9.38. The molecule has 0 unspecified atom stereocenters. The zero-order chi connectivity index (χ0) is 21.3. The van der Waals surface area contributed by atoms with Crippen molar-refractivity contribution in [3.63, 3.8) is 0 Å². The van der Waals surface area contributed by atoms with Gasteiger partial charge in [-0.1, -0.05) is 18.2 Å². The minimum absolute atomic E-state index is 0.130. The van der Waals surface area contributed by atoms with Gasteiger partial charge in [0.2, 0.25) is 0 Å². The molecule has 2 aliphatic rings. The number of benzene rings is 1. The number of fused-ring (bicyclic) bond motifs is 1. The summed E-state index contributed by atoms with van der Waals surface area (Å²) in [6, 6.07) is 6.09. The number of hydrogen-bond donors (Lipinski definition) is 0. The second-order valence-corrected chi connectivity index (χ2v) is 7.07. The number of hydrogen-bond acceptors (Lipinski definition) is 8. The summed E-state index contributed by atoms with van der Waals surface area (Å²) >= 11 is 0. The van der Waals surface area contributed by atoms with E-state index in [0.29, 0.717) is 18.8 Å². The van der Waals surface area contributed by atoms with Crippen molar-refractivity contribution in [2.24, 2.45) is 5.92 Å². The van der Waals surface area contributed by atoms with E-state index in [1.807, 2.05) is 4.90 Å². The average Bonchev–Trinajstić information content (AvgIpc) is 3.09. The molecule has 0 radical (unpaired) electrons. The van der Waals surface area contributed by atoms with Gasteiger partial charge in [-0.3, -0.25) is 14.9 Å². The van der Waals surface area contributed by atoms with E-state index in [0.717, 1.165) is 0 Å². The molecule has 3 atom stereocenters. The van der Waals surface area contributed by atoms with Gasteiger partial charge in [-0.2, -0.15) is 0 Å². The molecule has 3 rings (SSSR count). The summed E-state index contributed by atoms with van der Waals surface area (Å²) in [5, 5.41) is 11.7. The lowest BCUT2D eigenvalue weighted by Gasteiger charge is -2.48. The van der Waals surface area contributed by atoms with Gasteiger partial charge in [0.1, 0.15) is 5.92 Å². The Bertz CT molecular complexity index is 881. The summed E-state index contributed by atoms with van der Waals surface area (Å²) in [6.45, 7) is 6.12. The Morgan fingerprint density at radius 2 is 2.07 bits per heavy atom. The minimum Gasteiger partial charge on any atom is -0.466 e. The predicted molar refractivity (Wildman–Crippen MR) is 102 cm³/mol. The highest BCUT2D eigenvalue weighted by atomic mass is 16.6. The first-order valence-corrected chi connectivity index (χ1v) is 9.38. The zero-order valence-corrected chi connectivity index (χ0v) is 16.8. The lowest BCUT2D eigenvalue weighted by Crippen LogP contribution is -2.57. The first-order chi connectivity index (χ1) is 13.8. The molecular weight excluding hydrogens is 380 g/mol. The maximum Gasteiger partial charge on any atom is 0.336 e. The van der Waals surface area contributed by atoms with Crippen molar-refractivity contribution < 1.29 is 28.7 Å². The number of nitro groups is 1. The summed E-state index contributed by atoms with van der Waals surface area (Å²) in [6.07, 6.45) is 0. The number of esters is 2. The molecule has 0 aromatic heterocycles. The number of carbonyl (C=O) groups is 2. The number of allylic oxidation sites excluding steroid dienone is 1. The number of nitrogens with zero attached hydrogens (tertiary/aromatic N) is 2. The van der Waals surface area contributed by atoms with E-state index >= 15 is 0 Å². The molecule has 1 fully saturated rings. The van der Waals surface area contributed by atoms with E-state index in [4.69, 9.17) is 14.2 Å². The van der Waals surface area contributed by atoms with Crippen molar-refractivity contribution in [2.75, 3.05) is 26.9 Å². The number of methoxy groups -OCH3 is 1. The molecule has 2 aliphatic heterocycles. The summed E-state index contributed by atoms with van der Waals surface area (Å²) in [5.41, 5.74) is -0.284. The van der Waals surface area contributed by atoms with E-state index in [2.05, 4.69) is 0 Å². The number of carbonyl (C=O) groups excluding carboxylic acids is 2. The van der Waals surface area contributed by atoms with Crippen LogP contribution in [0.25, 0.3) is 0 Å². The highest BCUT2D eigenvalue weighted by Gasteiger charge is 2.59. The molecular formula is C20H24N2O7. The van der Waals surface area contributed by atoms with Crippen LogP contribution in [0, 0.1) is 16.0 Å². The van der Waals surface area contributed by atoms with Gasteiger partial charge in [-0.15, -0.1) is 0 Å². The van der Waals surface area contributed by atoms with Crippen LogP contribution >= 0.6 is 0 Å². The predicted octanol–water partition coefficient (Wildman–Crippen LogP) is 2.37. The standard InChI is InChI=1S/C20H24N2O7/c1-5-28-19(24)17-16(13-8-6-7-9-14(13)22(25)26)15(18(23)27-4)12(2)21-10-11-29-20(17,21)3/h6-9,16-17H,5,10-11H2,1-4H3/t16-,17-,20+/m1/s1. The van der Waals surface area contributed by atoms with Crippen LogP contribution in [0.1, 0.15) is 32.3 Å². The third-order valence-electron chi connectivity index (χ3n) is 5.68. The Morgan fingerprint density at radius 1 is 1.38 bits per heavy atom. The van der Waals surface area contributed by atoms with Gasteiger partial charge < -0.3 is 19.1 Å². The van der Waals surface area contributed by atoms with Crippen molar-refractivity contribution in [1.82, 2.24) is 4.90 Å². The Hall–Kier alpha value is -2.94. The van der Waals surface area contributed by atoms with E-state index in [1.165, 1.54) is 19.2 Å². The minimum atomic E-state index is -1.11. The second-order valence-electron chi connectivity index (χ2n) is 7.07. The normalized spacial score (nSPS) is 26.1. The Balaban J connectivity index is 2.33. The first kappa shape index (κ1) is 20.8. The molecule has 9 heteroatoms. The van der Waals surface area contributed by atoms with Crippen molar-refractivity contribution >= 4 is 17.6 Å². The van der Waals surface area contributed by atoms with Crippen LogP contribution in [0.4, 0.5) is 5.69 Å². The fourth-order valence-corrected chi connectivity index (χ4v) is 4.47. The fourth-order valence-electron chi connectivity index (χ4n) is 4.47. The van der Waals surface area contributed by atoms with Gasteiger partial charge in [-0.05, 0) is 20.8 Å². The molecule has 0 spiro atoms. The molecule has 0 bridgehead atoms. The van der Waals surface area contributed by atoms with Crippen LogP contribution in [-0.2, 0) is 23.8 Å². The van der Waals surface area contributed by atoms with E-state index in [9.17, 15) is 19.7 Å². The third-order valence-corrected chi connectivity index (χ3v) is 5.68. The average molecular weight is 404 g/mol. The molecule has 1 saturated heterocycles. The summed E-state index contributed by atoms with van der Waals surface area (Å²) in [5.74, 6) is -3.18. The Morgan fingerprint density at radius 3 is 2.69 bits per heavy atom. The maximum atomic E-state index is 13.1. The number of rotatable bonds is 5. The van der Waals surface area contributed by atoms with Gasteiger partial charge in [-0.25, -0.2) is 4.79 Å². The Labute approximate surface area is 168 Å². The lowest BCUT2D eigenvalue weighted by molar-refractivity contribution is -0.385. The highest BCUT2D eigenvalue weighted by Crippen LogP contribution is 2.52. The van der Waals surface area contributed by atoms with Gasteiger partial charge in [0.15, 0.2) is 5.72 Å². The molecule has 9 nitrogen and oxygen atoms in total. The number of ether oxygens (including phenoxy) is 3. The fraction of sp³-hybridized carbons (Fsp3) is 0.500. The van der Waals surface area contributed by atoms with E-state index in [-0.39, 0.29) is 23.4 Å². The van der Waals surface area contributed by atoms with Crippen LogP contribution in [0.5, 0.6) is 0 Å². The Kier molecular flexibility index (Phi) is 5.61. The summed E-state index contributed by atoms with van der Waals surface area (Å²) in [7, 11) is 1.24. The zero-order valence-electron chi connectivity index (χ0n) is 16.8. The van der Waals surface area contributed by atoms with Crippen LogP contribution < -0.4 is 0 Å². The molecule has 156 valence electrons. The third kappa shape index (κ3) is 3.25. The topological polar surface area (TPSA) is 108 Å². The largest absolute Gasteiger partial charge is 0.466 e. The second kappa shape index (κ2) is 7.82. The molecule has 1 aromatic rings. The van der Waals surface area contributed by atoms with Crippen LogP contribution in [0.15, 0.2) is 35.5 Å². The highest BCUT2D eigenvalue weighted by molar-refractivity contribution is 5.94. The molecule has 0 aliphatic carbocycles. The quantitative estimate of drug-likeness (QED) is 0.418. The monoisotopic (exact) mass is 404 g/mol. The number of para-hydroxylation sites is 1. The molecule has 29 heavy (non-hydrogen) atoms. The molecule has 0 amide bonds. The lowest BCUT2D eigenvalue weighted by atomic mass is 9.71. The van der Waals surface area contributed by atoms with Crippen LogP contribution in [0.2, 0.25) is 0 Å². The van der Waals surface area contributed by atoms with E-state index < -0.39 is 34.4 Å². The number of nitro benzene ring substituents is 1. The maximum absolute atomic E-state index is 13.1. The van der Waals surface area contributed by atoms with Gasteiger partial charge in [0, 0.05) is 29.8 Å². The van der Waals surface area contributed by atoms with Crippen molar-refractivity contribution in [3.8, 4) is 0 Å². The van der Waals surface area contributed by atoms with Crippen molar-refractivity contribution in [3.05, 3.63) is 51.2 Å². The van der Waals surface area contributed by atoms with Gasteiger partial charge in [0.05, 0.1) is 30.8 Å². The van der Waals surface area contributed by atoms with Crippen molar-refractivity contribution in [1.29, 1.82) is 0 Å². The van der Waals surface area contributed by atoms with Crippen molar-refractivity contribution in [2.45, 2.75) is 32.4 Å². The van der Waals surface area contributed by atoms with Gasteiger partial charge in [0.25, 0.3) is 5.69 Å². The van der Waals surface area contributed by atoms with Crippen LogP contribution in [0.3, 0.4) is 0 Å². The van der Waals surface area contributed by atoms with E-state index in [1.54, 1.807) is 32.9 Å². The summed E-state index contributed by atoms with van der Waals surface area (Å²) < 4.78 is 16.3. The molecule has 0 N–H and O–H groups in total. The van der Waals surface area contributed by atoms with Gasteiger partial charge >= 0.3 is 11.9 Å². The smallest absolute Gasteiger partial charge is 0.336 e. The molecule has 2 heterocycles. The SMILES string of the molecule is CCOC(=O)[C@H]1[C@H](c2ccccc2[N+](=O)[O-])C(C(=O)OC)=C(C)N2CCO[C@@]12C. The summed E-state index contributed by atoms with van der Waals surface area (Å²) in [4.78, 5) is 38.9. The van der Waals surface area contributed by atoms with Crippen LogP contribution in [-0.4, -0.2) is 54.4 Å².